The number of aryl methyl sites for hydroxylation is 1. The fourth-order valence-corrected chi connectivity index (χ4v) is 4.31. The van der Waals surface area contributed by atoms with E-state index in [1.165, 1.54) is 0 Å². The van der Waals surface area contributed by atoms with Gasteiger partial charge in [0, 0.05) is 37.9 Å². The van der Waals surface area contributed by atoms with Crippen LogP contribution < -0.4 is 15.5 Å². The van der Waals surface area contributed by atoms with Crippen LogP contribution in [0.25, 0.3) is 16.7 Å². The summed E-state index contributed by atoms with van der Waals surface area (Å²) in [6, 6.07) is 15.6. The van der Waals surface area contributed by atoms with Crippen molar-refractivity contribution in [2.75, 3.05) is 50.5 Å². The summed E-state index contributed by atoms with van der Waals surface area (Å²) >= 11 is 0. The minimum absolute atomic E-state index is 0.132. The quantitative estimate of drug-likeness (QED) is 0.462. The summed E-state index contributed by atoms with van der Waals surface area (Å²) in [7, 11) is 3.78. The molecule has 2 aromatic heterocycles. The van der Waals surface area contributed by atoms with E-state index in [-0.39, 0.29) is 5.91 Å². The summed E-state index contributed by atoms with van der Waals surface area (Å²) in [5, 5.41) is 11.6. The first-order chi connectivity index (χ1) is 17.0. The monoisotopic (exact) mass is 470 g/mol. The molecule has 4 aromatic rings. The maximum atomic E-state index is 12.2. The van der Waals surface area contributed by atoms with Gasteiger partial charge in [-0.05, 0) is 56.8 Å². The maximum absolute atomic E-state index is 12.2. The number of benzene rings is 2. The second-order valence-electron chi connectivity index (χ2n) is 8.88. The Morgan fingerprint density at radius 2 is 1.83 bits per heavy atom. The molecule has 0 unspecified atom stereocenters. The molecule has 0 aliphatic carbocycles. The van der Waals surface area contributed by atoms with Gasteiger partial charge in [0.25, 0.3) is 5.91 Å². The van der Waals surface area contributed by atoms with Crippen LogP contribution in [0.5, 0.6) is 0 Å². The molecule has 1 fully saturated rings. The fraction of sp³-hybridized carbons (Fsp3) is 0.308. The fourth-order valence-electron chi connectivity index (χ4n) is 4.31. The number of likely N-dealkylation sites (N-methyl/N-ethyl adjacent to an activating group) is 1. The zero-order valence-electron chi connectivity index (χ0n) is 20.3. The first-order valence-corrected chi connectivity index (χ1v) is 11.9. The van der Waals surface area contributed by atoms with Gasteiger partial charge in [-0.3, -0.25) is 4.79 Å². The van der Waals surface area contributed by atoms with Crippen molar-refractivity contribution in [1.82, 2.24) is 30.0 Å². The van der Waals surface area contributed by atoms with Crippen molar-refractivity contribution in [3.8, 4) is 5.69 Å². The zero-order chi connectivity index (χ0) is 24.4. The van der Waals surface area contributed by atoms with Gasteiger partial charge in [0.1, 0.15) is 5.82 Å². The number of carbonyl (C=O) groups is 1. The Bertz CT molecular complexity index is 1350. The number of rotatable bonds is 5. The standard InChI is InChI=1S/C26H30N8O/c1-18-10-11-19(25(35)27-2)16-22(18)29-23-21-17-28-34(20-8-5-4-6-9-20)24(21)31-26(30-23)33-13-7-12-32(3)14-15-33/h4-6,8-11,16-17H,7,12-15H2,1-3H3,(H,27,35)(H,29,30,31). The Balaban J connectivity index is 1.62. The summed E-state index contributed by atoms with van der Waals surface area (Å²) in [6.07, 6.45) is 2.84. The van der Waals surface area contributed by atoms with Crippen molar-refractivity contribution in [3.63, 3.8) is 0 Å². The molecule has 0 saturated carbocycles. The molecule has 1 saturated heterocycles. The second-order valence-corrected chi connectivity index (χ2v) is 8.88. The lowest BCUT2D eigenvalue weighted by atomic mass is 10.1. The highest BCUT2D eigenvalue weighted by Gasteiger charge is 2.20. The topological polar surface area (TPSA) is 91.2 Å². The Kier molecular flexibility index (Phi) is 6.33. The molecule has 35 heavy (non-hydrogen) atoms. The highest BCUT2D eigenvalue weighted by Crippen LogP contribution is 2.30. The van der Waals surface area contributed by atoms with Crippen molar-refractivity contribution in [2.45, 2.75) is 13.3 Å². The first-order valence-electron chi connectivity index (χ1n) is 11.9. The van der Waals surface area contributed by atoms with Crippen LogP contribution in [0.4, 0.5) is 17.5 Å². The van der Waals surface area contributed by atoms with Gasteiger partial charge in [0.15, 0.2) is 5.65 Å². The highest BCUT2D eigenvalue weighted by atomic mass is 16.1. The third kappa shape index (κ3) is 4.67. The predicted octanol–water partition coefficient (Wildman–Crippen LogP) is 3.37. The van der Waals surface area contributed by atoms with Crippen molar-refractivity contribution in [3.05, 3.63) is 65.9 Å². The first kappa shape index (κ1) is 22.8. The molecule has 0 radical (unpaired) electrons. The minimum Gasteiger partial charge on any atom is -0.355 e. The Hall–Kier alpha value is -3.98. The number of nitrogens with zero attached hydrogens (tertiary/aromatic N) is 6. The number of aromatic nitrogens is 4. The van der Waals surface area contributed by atoms with Crippen LogP contribution in [0.15, 0.2) is 54.7 Å². The summed E-state index contributed by atoms with van der Waals surface area (Å²) in [6.45, 7) is 5.76. The molecule has 3 heterocycles. The van der Waals surface area contributed by atoms with Crippen LogP contribution in [0.1, 0.15) is 22.3 Å². The third-order valence-electron chi connectivity index (χ3n) is 6.40. The number of para-hydroxylation sites is 1. The molecular weight excluding hydrogens is 440 g/mol. The lowest BCUT2D eigenvalue weighted by molar-refractivity contribution is 0.0963. The van der Waals surface area contributed by atoms with Crippen LogP contribution in [0.3, 0.4) is 0 Å². The highest BCUT2D eigenvalue weighted by molar-refractivity contribution is 5.96. The van der Waals surface area contributed by atoms with E-state index < -0.39 is 0 Å². The van der Waals surface area contributed by atoms with E-state index >= 15 is 0 Å². The lowest BCUT2D eigenvalue weighted by Crippen LogP contribution is -2.30. The molecule has 9 nitrogen and oxygen atoms in total. The van der Waals surface area contributed by atoms with E-state index in [0.717, 1.165) is 60.6 Å². The number of nitrogens with one attached hydrogen (secondary N) is 2. The number of anilines is 3. The van der Waals surface area contributed by atoms with Gasteiger partial charge in [-0.15, -0.1) is 0 Å². The second kappa shape index (κ2) is 9.71. The van der Waals surface area contributed by atoms with Crippen LogP contribution in [-0.2, 0) is 0 Å². The summed E-state index contributed by atoms with van der Waals surface area (Å²) in [5.41, 5.74) is 4.09. The van der Waals surface area contributed by atoms with Crippen molar-refractivity contribution in [1.29, 1.82) is 0 Å². The van der Waals surface area contributed by atoms with Gasteiger partial charge in [0.2, 0.25) is 5.95 Å². The molecule has 1 aliphatic rings. The molecule has 180 valence electrons. The molecular formula is C26H30N8O. The molecule has 2 aromatic carbocycles. The van der Waals surface area contributed by atoms with E-state index in [1.807, 2.05) is 60.1 Å². The minimum atomic E-state index is -0.132. The van der Waals surface area contributed by atoms with Gasteiger partial charge in [0.05, 0.1) is 17.3 Å². The molecule has 0 atom stereocenters. The summed E-state index contributed by atoms with van der Waals surface area (Å²) < 4.78 is 1.85. The predicted molar refractivity (Wildman–Crippen MR) is 139 cm³/mol. The van der Waals surface area contributed by atoms with Gasteiger partial charge in [-0.1, -0.05) is 24.3 Å². The van der Waals surface area contributed by atoms with Crippen molar-refractivity contribution < 1.29 is 4.79 Å². The van der Waals surface area contributed by atoms with E-state index in [2.05, 4.69) is 32.6 Å². The molecule has 0 spiro atoms. The van der Waals surface area contributed by atoms with Crippen LogP contribution in [0, 0.1) is 6.92 Å². The van der Waals surface area contributed by atoms with Gasteiger partial charge < -0.3 is 20.4 Å². The Labute approximate surface area is 204 Å². The molecule has 0 bridgehead atoms. The Morgan fingerprint density at radius 1 is 1.00 bits per heavy atom. The third-order valence-corrected chi connectivity index (χ3v) is 6.40. The van der Waals surface area contributed by atoms with E-state index in [9.17, 15) is 4.79 Å². The Morgan fingerprint density at radius 3 is 2.63 bits per heavy atom. The average molecular weight is 471 g/mol. The van der Waals surface area contributed by atoms with Crippen LogP contribution in [0.2, 0.25) is 0 Å². The smallest absolute Gasteiger partial charge is 0.251 e. The van der Waals surface area contributed by atoms with Crippen molar-refractivity contribution in [2.24, 2.45) is 0 Å². The average Bonchev–Trinajstić information content (AvgIpc) is 3.19. The normalized spacial score (nSPS) is 14.7. The number of carbonyl (C=O) groups excluding carboxylic acids is 1. The molecule has 1 aliphatic heterocycles. The van der Waals surface area contributed by atoms with E-state index in [1.54, 1.807) is 13.2 Å². The molecule has 1 amide bonds. The van der Waals surface area contributed by atoms with Gasteiger partial charge in [-0.25, -0.2) is 4.68 Å². The maximum Gasteiger partial charge on any atom is 0.251 e. The number of hydrogen-bond donors (Lipinski definition) is 2. The molecule has 2 N–H and O–H groups in total. The number of fused-ring (bicyclic) bond motifs is 1. The van der Waals surface area contributed by atoms with E-state index in [4.69, 9.17) is 9.97 Å². The van der Waals surface area contributed by atoms with Crippen LogP contribution in [-0.4, -0.2) is 70.8 Å². The zero-order valence-corrected chi connectivity index (χ0v) is 20.3. The van der Waals surface area contributed by atoms with Gasteiger partial charge >= 0.3 is 0 Å². The lowest BCUT2D eigenvalue weighted by Gasteiger charge is -2.22. The van der Waals surface area contributed by atoms with Gasteiger partial charge in [-0.2, -0.15) is 15.1 Å². The number of hydrogen-bond acceptors (Lipinski definition) is 7. The summed E-state index contributed by atoms with van der Waals surface area (Å²) in [4.78, 5) is 26.7. The van der Waals surface area contributed by atoms with Crippen LogP contribution >= 0.6 is 0 Å². The molecule has 9 heteroatoms. The summed E-state index contributed by atoms with van der Waals surface area (Å²) in [5.74, 6) is 1.21. The SMILES string of the molecule is CNC(=O)c1ccc(C)c(Nc2nc(N3CCCN(C)CC3)nc3c2cnn3-c2ccccc2)c1. The molecule has 5 rings (SSSR count). The number of amides is 1. The van der Waals surface area contributed by atoms with E-state index in [0.29, 0.717) is 17.3 Å². The van der Waals surface area contributed by atoms with Crippen molar-refractivity contribution >= 4 is 34.4 Å². The largest absolute Gasteiger partial charge is 0.355 e.